The molecule has 4 rings (SSSR count). The Hall–Kier alpha value is -3.09. The van der Waals surface area contributed by atoms with Gasteiger partial charge < -0.3 is 19.1 Å². The van der Waals surface area contributed by atoms with Crippen molar-refractivity contribution in [1.82, 2.24) is 0 Å². The second-order valence-corrected chi connectivity index (χ2v) is 5.82. The molecule has 128 valence electrons. The van der Waals surface area contributed by atoms with Crippen LogP contribution < -0.4 is 19.1 Å². The number of halogens is 1. The molecule has 2 heterocycles. The summed E-state index contributed by atoms with van der Waals surface area (Å²) in [7, 11) is 0. The number of fused-ring (bicyclic) bond motifs is 1. The first-order chi connectivity index (χ1) is 12.1. The lowest BCUT2D eigenvalue weighted by Gasteiger charge is -2.17. The summed E-state index contributed by atoms with van der Waals surface area (Å²) in [5, 5.41) is 0. The van der Waals surface area contributed by atoms with Gasteiger partial charge in [-0.3, -0.25) is 9.59 Å². The Morgan fingerprint density at radius 3 is 2.68 bits per heavy atom. The molecule has 2 aliphatic heterocycles. The van der Waals surface area contributed by atoms with Crippen LogP contribution in [0.3, 0.4) is 0 Å². The largest absolute Gasteiger partial charge is 0.454 e. The molecule has 7 heteroatoms. The molecule has 2 aromatic rings. The lowest BCUT2D eigenvalue weighted by atomic mass is 10.1. The number of benzene rings is 2. The van der Waals surface area contributed by atoms with E-state index in [2.05, 4.69) is 0 Å². The maximum atomic E-state index is 12.9. The van der Waals surface area contributed by atoms with Gasteiger partial charge in [0, 0.05) is 24.7 Å². The van der Waals surface area contributed by atoms with E-state index in [-0.39, 0.29) is 31.4 Å². The highest BCUT2D eigenvalue weighted by Gasteiger charge is 2.37. The van der Waals surface area contributed by atoms with Crippen molar-refractivity contribution in [2.45, 2.75) is 6.42 Å². The summed E-state index contributed by atoms with van der Waals surface area (Å²) in [6.07, 6.45) is 0.0640. The molecule has 1 unspecified atom stereocenters. The molecule has 1 fully saturated rings. The second kappa shape index (κ2) is 6.08. The van der Waals surface area contributed by atoms with E-state index >= 15 is 0 Å². The Balaban J connectivity index is 1.46. The van der Waals surface area contributed by atoms with Gasteiger partial charge in [0.05, 0.1) is 5.92 Å². The molecule has 2 aliphatic rings. The molecule has 6 nitrogen and oxygen atoms in total. The van der Waals surface area contributed by atoms with Gasteiger partial charge >= 0.3 is 5.97 Å². The average Bonchev–Trinajstić information content (AvgIpc) is 3.22. The van der Waals surface area contributed by atoms with Crippen LogP contribution in [0.15, 0.2) is 42.5 Å². The smallest absolute Gasteiger partial charge is 0.316 e. The number of rotatable bonds is 3. The number of amides is 1. The predicted octanol–water partition coefficient (Wildman–Crippen LogP) is 2.51. The van der Waals surface area contributed by atoms with Crippen molar-refractivity contribution in [1.29, 1.82) is 0 Å². The summed E-state index contributed by atoms with van der Waals surface area (Å²) >= 11 is 0. The molecule has 1 atom stereocenters. The maximum Gasteiger partial charge on any atom is 0.316 e. The molecule has 0 N–H and O–H groups in total. The zero-order valence-electron chi connectivity index (χ0n) is 13.1. The fourth-order valence-electron chi connectivity index (χ4n) is 2.87. The topological polar surface area (TPSA) is 65.1 Å². The van der Waals surface area contributed by atoms with Crippen LogP contribution in [-0.4, -0.2) is 25.2 Å². The summed E-state index contributed by atoms with van der Waals surface area (Å²) in [6, 6.07) is 10.4. The highest BCUT2D eigenvalue weighted by Crippen LogP contribution is 2.37. The number of nitrogens with zero attached hydrogens (tertiary/aromatic N) is 1. The first-order valence-corrected chi connectivity index (χ1v) is 7.77. The summed E-state index contributed by atoms with van der Waals surface area (Å²) in [6.45, 7) is 0.373. The Morgan fingerprint density at radius 1 is 1.12 bits per heavy atom. The van der Waals surface area contributed by atoms with Crippen LogP contribution in [0.2, 0.25) is 0 Å². The van der Waals surface area contributed by atoms with E-state index in [0.717, 1.165) is 0 Å². The first kappa shape index (κ1) is 15.4. The summed E-state index contributed by atoms with van der Waals surface area (Å²) in [5.74, 6) is -0.221. The quantitative estimate of drug-likeness (QED) is 0.633. The van der Waals surface area contributed by atoms with Gasteiger partial charge in [-0.05, 0) is 36.4 Å². The fraction of sp³-hybridized carbons (Fsp3) is 0.222. The number of esters is 1. The number of carbonyl (C=O) groups is 2. The molecule has 0 bridgehead atoms. The van der Waals surface area contributed by atoms with Crippen molar-refractivity contribution in [3.8, 4) is 17.2 Å². The van der Waals surface area contributed by atoms with Crippen LogP contribution in [-0.2, 0) is 9.59 Å². The van der Waals surface area contributed by atoms with Gasteiger partial charge in [0.25, 0.3) is 0 Å². The van der Waals surface area contributed by atoms with Crippen molar-refractivity contribution in [3.05, 3.63) is 48.3 Å². The lowest BCUT2D eigenvalue weighted by molar-refractivity contribution is -0.139. The normalized spacial score (nSPS) is 18.5. The van der Waals surface area contributed by atoms with E-state index in [1.807, 2.05) is 0 Å². The third-order valence-electron chi connectivity index (χ3n) is 4.16. The van der Waals surface area contributed by atoms with Crippen LogP contribution in [0.1, 0.15) is 6.42 Å². The average molecular weight is 343 g/mol. The van der Waals surface area contributed by atoms with Crippen molar-refractivity contribution in [2.24, 2.45) is 5.92 Å². The standard InChI is InChI=1S/C18H14FNO5/c19-12-1-4-14(5-2-12)25-18(22)11-7-17(21)20(9-11)13-3-6-15-16(8-13)24-10-23-15/h1-6,8,11H,7,9-10H2. The van der Waals surface area contributed by atoms with E-state index in [1.54, 1.807) is 18.2 Å². The van der Waals surface area contributed by atoms with Gasteiger partial charge in [0.15, 0.2) is 11.5 Å². The Labute approximate surface area is 142 Å². The Morgan fingerprint density at radius 2 is 1.88 bits per heavy atom. The number of hydrogen-bond donors (Lipinski definition) is 0. The van der Waals surface area contributed by atoms with Crippen molar-refractivity contribution < 1.29 is 28.2 Å². The van der Waals surface area contributed by atoms with Crippen molar-refractivity contribution in [3.63, 3.8) is 0 Å². The predicted molar refractivity (Wildman–Crippen MR) is 85.1 cm³/mol. The monoisotopic (exact) mass is 343 g/mol. The van der Waals surface area contributed by atoms with E-state index < -0.39 is 17.7 Å². The molecule has 0 aliphatic carbocycles. The maximum absolute atomic E-state index is 12.9. The minimum absolute atomic E-state index is 0.0640. The van der Waals surface area contributed by atoms with Gasteiger partial charge in [0.1, 0.15) is 11.6 Å². The third-order valence-corrected chi connectivity index (χ3v) is 4.16. The van der Waals surface area contributed by atoms with Gasteiger partial charge in [-0.2, -0.15) is 0 Å². The Bertz CT molecular complexity index is 836. The Kier molecular flexibility index (Phi) is 3.76. The van der Waals surface area contributed by atoms with Crippen molar-refractivity contribution >= 4 is 17.6 Å². The molecule has 0 aromatic heterocycles. The molecule has 1 saturated heterocycles. The number of ether oxygens (including phenoxy) is 3. The van der Waals surface area contributed by atoms with Crippen LogP contribution >= 0.6 is 0 Å². The van der Waals surface area contributed by atoms with Crippen LogP contribution in [0, 0.1) is 11.7 Å². The molecule has 2 aromatic carbocycles. The van der Waals surface area contributed by atoms with Crippen LogP contribution in [0.25, 0.3) is 0 Å². The van der Waals surface area contributed by atoms with E-state index in [4.69, 9.17) is 14.2 Å². The summed E-state index contributed by atoms with van der Waals surface area (Å²) in [5.41, 5.74) is 0.645. The summed E-state index contributed by atoms with van der Waals surface area (Å²) in [4.78, 5) is 26.1. The third kappa shape index (κ3) is 3.00. The van der Waals surface area contributed by atoms with Gasteiger partial charge in [-0.1, -0.05) is 0 Å². The zero-order valence-corrected chi connectivity index (χ0v) is 13.1. The summed E-state index contributed by atoms with van der Waals surface area (Å²) < 4.78 is 28.7. The SMILES string of the molecule is O=C(Oc1ccc(F)cc1)C1CC(=O)N(c2ccc3c(c2)OCO3)C1. The van der Waals surface area contributed by atoms with Crippen LogP contribution in [0.5, 0.6) is 17.2 Å². The fourth-order valence-corrected chi connectivity index (χ4v) is 2.87. The van der Waals surface area contributed by atoms with Crippen molar-refractivity contribution in [2.75, 3.05) is 18.2 Å². The molecule has 1 amide bonds. The van der Waals surface area contributed by atoms with Crippen LogP contribution in [0.4, 0.5) is 10.1 Å². The van der Waals surface area contributed by atoms with Gasteiger partial charge in [-0.25, -0.2) is 4.39 Å². The minimum atomic E-state index is -0.581. The number of hydrogen-bond acceptors (Lipinski definition) is 5. The second-order valence-electron chi connectivity index (χ2n) is 5.82. The van der Waals surface area contributed by atoms with E-state index in [9.17, 15) is 14.0 Å². The van der Waals surface area contributed by atoms with E-state index in [0.29, 0.717) is 17.2 Å². The number of carbonyl (C=O) groups excluding carboxylic acids is 2. The molecular formula is C18H14FNO5. The first-order valence-electron chi connectivity index (χ1n) is 7.77. The van der Waals surface area contributed by atoms with Gasteiger partial charge in [0.2, 0.25) is 12.7 Å². The van der Waals surface area contributed by atoms with Gasteiger partial charge in [-0.15, -0.1) is 0 Å². The highest BCUT2D eigenvalue weighted by atomic mass is 19.1. The molecular weight excluding hydrogens is 329 g/mol. The molecule has 25 heavy (non-hydrogen) atoms. The van der Waals surface area contributed by atoms with E-state index in [1.165, 1.54) is 29.2 Å². The molecule has 0 saturated carbocycles. The minimum Gasteiger partial charge on any atom is -0.454 e. The molecule has 0 spiro atoms. The highest BCUT2D eigenvalue weighted by molar-refractivity contribution is 6.00. The molecule has 0 radical (unpaired) electrons. The lowest BCUT2D eigenvalue weighted by Crippen LogP contribution is -2.27. The number of anilines is 1. The zero-order chi connectivity index (χ0) is 17.4.